The number of fused-ring (bicyclic) bond motifs is 1. The highest BCUT2D eigenvalue weighted by molar-refractivity contribution is 6.64. The van der Waals surface area contributed by atoms with Crippen LogP contribution in [0.1, 0.15) is 23.3 Å². The molecule has 102 valence electrons. The first-order valence-electron chi connectivity index (χ1n) is 6.60. The van der Waals surface area contributed by atoms with E-state index in [9.17, 15) is 9.90 Å². The van der Waals surface area contributed by atoms with Gasteiger partial charge in [0, 0.05) is 19.6 Å². The first-order chi connectivity index (χ1) is 9.79. The zero-order valence-corrected chi connectivity index (χ0v) is 11.0. The van der Waals surface area contributed by atoms with E-state index in [2.05, 4.69) is 10.2 Å². The summed E-state index contributed by atoms with van der Waals surface area (Å²) in [7, 11) is 0.406. The van der Waals surface area contributed by atoms with Crippen LogP contribution in [0.2, 0.25) is 0 Å². The molecule has 0 aliphatic carbocycles. The van der Waals surface area contributed by atoms with Crippen molar-refractivity contribution in [2.45, 2.75) is 19.2 Å². The molecule has 1 aromatic heterocycles. The highest BCUT2D eigenvalue weighted by atomic mass is 16.3. The van der Waals surface area contributed by atoms with Crippen LogP contribution in [0.15, 0.2) is 30.3 Å². The predicted molar refractivity (Wildman–Crippen MR) is 74.8 cm³/mol. The lowest BCUT2D eigenvalue weighted by Crippen LogP contribution is -2.37. The number of hydrogen-bond acceptors (Lipinski definition) is 5. The first-order valence-corrected chi connectivity index (χ1v) is 6.60. The van der Waals surface area contributed by atoms with Gasteiger partial charge in [0.1, 0.15) is 11.9 Å². The van der Waals surface area contributed by atoms with E-state index in [1.165, 1.54) is 0 Å². The molecule has 1 aliphatic heterocycles. The average Bonchev–Trinajstić information content (AvgIpc) is 2.91. The lowest BCUT2D eigenvalue weighted by Gasteiger charge is -2.26. The molecule has 20 heavy (non-hydrogen) atoms. The second-order valence-electron chi connectivity index (χ2n) is 4.84. The second-order valence-corrected chi connectivity index (χ2v) is 4.84. The molecule has 2 aromatic rings. The summed E-state index contributed by atoms with van der Waals surface area (Å²) in [4.78, 5) is 12.6. The summed E-state index contributed by atoms with van der Waals surface area (Å²) in [5.41, 5.74) is 0.804. The molecule has 1 N–H and O–H groups in total. The zero-order valence-electron chi connectivity index (χ0n) is 11.0. The third kappa shape index (κ3) is 2.37. The van der Waals surface area contributed by atoms with Gasteiger partial charge in [-0.1, -0.05) is 30.3 Å². The largest absolute Gasteiger partial charge is 0.380 e. The minimum atomic E-state index is -0.768. The van der Waals surface area contributed by atoms with Crippen LogP contribution in [-0.4, -0.2) is 44.8 Å². The number of carbonyl (C=O) groups is 1. The highest BCUT2D eigenvalue weighted by Crippen LogP contribution is 2.22. The van der Waals surface area contributed by atoms with Gasteiger partial charge in [-0.15, -0.1) is 10.2 Å². The fourth-order valence-electron chi connectivity index (χ4n) is 2.48. The van der Waals surface area contributed by atoms with Gasteiger partial charge in [0.25, 0.3) is 7.41 Å². The third-order valence-electron chi connectivity index (χ3n) is 3.55. The number of hydrogen-bond donors (Lipinski definition) is 1. The Morgan fingerprint density at radius 2 is 2.05 bits per heavy atom. The van der Waals surface area contributed by atoms with E-state index in [4.69, 9.17) is 0 Å². The fraction of sp³-hybridized carbons (Fsp3) is 0.308. The third-order valence-corrected chi connectivity index (χ3v) is 3.55. The molecule has 7 heteroatoms. The number of nitrogens with zero attached hydrogens (tertiary/aromatic N) is 4. The van der Waals surface area contributed by atoms with E-state index in [1.54, 1.807) is 0 Å². The van der Waals surface area contributed by atoms with E-state index in [1.807, 2.05) is 39.7 Å². The van der Waals surface area contributed by atoms with Gasteiger partial charge in [-0.3, -0.25) is 0 Å². The molecule has 2 heterocycles. The van der Waals surface area contributed by atoms with E-state index >= 15 is 0 Å². The average molecular weight is 270 g/mol. The summed E-state index contributed by atoms with van der Waals surface area (Å²) in [6.07, 6.45) is 0.126. The van der Waals surface area contributed by atoms with Gasteiger partial charge < -0.3 is 19.3 Å². The molecule has 0 saturated carbocycles. The van der Waals surface area contributed by atoms with Crippen LogP contribution in [-0.2, 0) is 17.9 Å². The van der Waals surface area contributed by atoms with E-state index in [-0.39, 0.29) is 0 Å². The molecular weight excluding hydrogens is 255 g/mol. The molecule has 1 atom stereocenters. The lowest BCUT2D eigenvalue weighted by molar-refractivity contribution is 0.200. The summed E-state index contributed by atoms with van der Waals surface area (Å²) in [6.45, 7) is 2.04. The summed E-state index contributed by atoms with van der Waals surface area (Å²) in [6, 6.07) is 9.42. The number of carbonyl (C=O) groups excluding carboxylic acids is 1. The van der Waals surface area contributed by atoms with Crippen molar-refractivity contribution in [3.05, 3.63) is 47.5 Å². The predicted octanol–water partition coefficient (Wildman–Crippen LogP) is -0.283. The smallest absolute Gasteiger partial charge is 0.281 e. The van der Waals surface area contributed by atoms with E-state index < -0.39 is 6.10 Å². The molecule has 1 unspecified atom stereocenters. The maximum absolute atomic E-state index is 10.6. The van der Waals surface area contributed by atoms with Gasteiger partial charge >= 0.3 is 0 Å². The molecule has 0 saturated heterocycles. The molecule has 0 spiro atoms. The first kappa shape index (κ1) is 13.0. The Bertz CT molecular complexity index is 602. The summed E-state index contributed by atoms with van der Waals surface area (Å²) in [5.74, 6) is 1.36. The van der Waals surface area contributed by atoms with Crippen LogP contribution in [0.25, 0.3) is 0 Å². The molecular formula is C13H15BN4O2. The number of aromatic nitrogens is 3. The van der Waals surface area contributed by atoms with Gasteiger partial charge in [-0.2, -0.15) is 0 Å². The van der Waals surface area contributed by atoms with Crippen LogP contribution in [0, 0.1) is 0 Å². The number of aliphatic hydroxyl groups excluding tert-OH is 1. The Kier molecular flexibility index (Phi) is 3.62. The van der Waals surface area contributed by atoms with Crippen LogP contribution in [0.5, 0.6) is 0 Å². The van der Waals surface area contributed by atoms with Gasteiger partial charge in [0.15, 0.2) is 5.82 Å². The Morgan fingerprint density at radius 1 is 1.25 bits per heavy atom. The molecule has 0 bridgehead atoms. The molecule has 0 radical (unpaired) electrons. The second kappa shape index (κ2) is 5.56. The topological polar surface area (TPSA) is 71.2 Å². The van der Waals surface area contributed by atoms with Crippen molar-refractivity contribution >= 4 is 13.6 Å². The van der Waals surface area contributed by atoms with Crippen LogP contribution in [0.4, 0.5) is 0 Å². The Balaban J connectivity index is 1.85. The lowest BCUT2D eigenvalue weighted by atomic mass is 9.94. The van der Waals surface area contributed by atoms with Crippen molar-refractivity contribution in [1.82, 2.24) is 19.6 Å². The number of benzene rings is 1. The zero-order chi connectivity index (χ0) is 13.9. The van der Waals surface area contributed by atoms with Crippen LogP contribution in [0.3, 0.4) is 0 Å². The summed E-state index contributed by atoms with van der Waals surface area (Å²) >= 11 is 0. The molecule has 1 aromatic carbocycles. The summed E-state index contributed by atoms with van der Waals surface area (Å²) in [5, 5.41) is 18.7. The van der Waals surface area contributed by atoms with E-state index in [0.717, 1.165) is 24.1 Å². The molecule has 3 rings (SSSR count). The van der Waals surface area contributed by atoms with Crippen molar-refractivity contribution in [3.63, 3.8) is 0 Å². The van der Waals surface area contributed by atoms with Crippen LogP contribution >= 0.6 is 0 Å². The van der Waals surface area contributed by atoms with Crippen molar-refractivity contribution in [2.75, 3.05) is 6.54 Å². The normalized spacial score (nSPS) is 16.4. The molecule has 0 amide bonds. The van der Waals surface area contributed by atoms with Crippen molar-refractivity contribution < 1.29 is 9.90 Å². The fourth-order valence-corrected chi connectivity index (χ4v) is 2.48. The Morgan fingerprint density at radius 3 is 2.80 bits per heavy atom. The standard InChI is InChI=1S/C13H15BN4O2/c19-9-14-17-6-7-18-11(8-17)15-16-13(18)12(20)10-4-2-1-3-5-10/h1-5,9,12,14,20H,6-8H2. The van der Waals surface area contributed by atoms with Crippen molar-refractivity contribution in [2.24, 2.45) is 0 Å². The van der Waals surface area contributed by atoms with Crippen LogP contribution < -0.4 is 0 Å². The molecule has 6 nitrogen and oxygen atoms in total. The maximum Gasteiger partial charge on any atom is 0.281 e. The quantitative estimate of drug-likeness (QED) is 0.611. The van der Waals surface area contributed by atoms with Gasteiger partial charge in [-0.05, 0) is 5.56 Å². The van der Waals surface area contributed by atoms with Gasteiger partial charge in [-0.25, -0.2) is 0 Å². The molecule has 1 aliphatic rings. The highest BCUT2D eigenvalue weighted by Gasteiger charge is 2.25. The van der Waals surface area contributed by atoms with E-state index in [0.29, 0.717) is 26.3 Å². The maximum atomic E-state index is 10.6. The molecule has 0 fully saturated rings. The summed E-state index contributed by atoms with van der Waals surface area (Å²) < 4.78 is 1.94. The number of aliphatic hydroxyl groups is 1. The van der Waals surface area contributed by atoms with Gasteiger partial charge in [0.05, 0.1) is 6.19 Å². The Labute approximate surface area is 117 Å². The number of rotatable bonds is 4. The minimum absolute atomic E-state index is 0.406. The monoisotopic (exact) mass is 270 g/mol. The SMILES string of the molecule is O=CBN1CCn2c(nnc2C(O)c2ccccc2)C1. The van der Waals surface area contributed by atoms with Gasteiger partial charge in [0.2, 0.25) is 0 Å². The van der Waals surface area contributed by atoms with Crippen molar-refractivity contribution in [3.8, 4) is 0 Å². The van der Waals surface area contributed by atoms with Crippen molar-refractivity contribution in [1.29, 1.82) is 0 Å². The Hall–Kier alpha value is -1.99. The minimum Gasteiger partial charge on any atom is -0.380 e.